The van der Waals surface area contributed by atoms with Gasteiger partial charge in [-0.15, -0.1) is 0 Å². The molecule has 0 saturated heterocycles. The highest BCUT2D eigenvalue weighted by atomic mass is 16.5. The van der Waals surface area contributed by atoms with Gasteiger partial charge >= 0.3 is 0 Å². The fourth-order valence-corrected chi connectivity index (χ4v) is 2.40. The van der Waals surface area contributed by atoms with E-state index in [9.17, 15) is 0 Å². The van der Waals surface area contributed by atoms with Crippen LogP contribution in [0.5, 0.6) is 5.75 Å². The number of hydrogen-bond acceptors (Lipinski definition) is 4. The molecule has 0 unspecified atom stereocenters. The SMILES string of the molecule is C=C(/C=C\C(=C)Cn1c(COCC)cc2cc(OC)cnc21)CC.C=O. The zero-order valence-electron chi connectivity index (χ0n) is 16.0. The highest BCUT2D eigenvalue weighted by Crippen LogP contribution is 2.24. The molecule has 0 aliphatic heterocycles. The molecule has 5 heteroatoms. The molecule has 5 nitrogen and oxygen atoms in total. The summed E-state index contributed by atoms with van der Waals surface area (Å²) in [4.78, 5) is 12.5. The number of pyridine rings is 1. The van der Waals surface area contributed by atoms with E-state index in [2.05, 4.69) is 35.7 Å². The van der Waals surface area contributed by atoms with E-state index in [0.29, 0.717) is 19.8 Å². The number of carbonyl (C=O) groups is 1. The molecule has 26 heavy (non-hydrogen) atoms. The number of allylic oxidation sites excluding steroid dienone is 4. The average molecular weight is 356 g/mol. The third-order valence-corrected chi connectivity index (χ3v) is 3.85. The average Bonchev–Trinajstić information content (AvgIpc) is 3.02. The van der Waals surface area contributed by atoms with E-state index in [4.69, 9.17) is 14.3 Å². The fraction of sp³-hybridized carbons (Fsp3) is 0.333. The summed E-state index contributed by atoms with van der Waals surface area (Å²) < 4.78 is 13.0. The van der Waals surface area contributed by atoms with Crippen molar-refractivity contribution in [1.82, 2.24) is 9.55 Å². The molecule has 0 saturated carbocycles. The van der Waals surface area contributed by atoms with E-state index in [1.54, 1.807) is 13.3 Å². The van der Waals surface area contributed by atoms with Gasteiger partial charge < -0.3 is 18.8 Å². The van der Waals surface area contributed by atoms with Gasteiger partial charge in [-0.2, -0.15) is 0 Å². The first kappa shape index (κ1) is 21.4. The van der Waals surface area contributed by atoms with Gasteiger partial charge in [-0.05, 0) is 31.1 Å². The fourth-order valence-electron chi connectivity index (χ4n) is 2.40. The molecule has 0 aliphatic carbocycles. The molecular weight excluding hydrogens is 328 g/mol. The van der Waals surface area contributed by atoms with Crippen LogP contribution in [-0.2, 0) is 22.7 Å². The summed E-state index contributed by atoms with van der Waals surface area (Å²) in [5.41, 5.74) is 4.08. The lowest BCUT2D eigenvalue weighted by atomic mass is 10.2. The maximum atomic E-state index is 8.00. The molecular formula is C21H28N2O3. The second-order valence-corrected chi connectivity index (χ2v) is 5.65. The second kappa shape index (κ2) is 11.1. The molecule has 0 N–H and O–H groups in total. The van der Waals surface area contributed by atoms with Crippen molar-refractivity contribution in [3.63, 3.8) is 0 Å². The van der Waals surface area contributed by atoms with Crippen LogP contribution in [0.4, 0.5) is 0 Å². The van der Waals surface area contributed by atoms with E-state index in [1.165, 1.54) is 0 Å². The normalized spacial score (nSPS) is 10.6. The molecule has 0 aromatic carbocycles. The molecule has 0 atom stereocenters. The zero-order chi connectivity index (χ0) is 19.5. The van der Waals surface area contributed by atoms with Gasteiger partial charge in [0.25, 0.3) is 0 Å². The van der Waals surface area contributed by atoms with Crippen LogP contribution in [0.3, 0.4) is 0 Å². The number of aromatic nitrogens is 2. The summed E-state index contributed by atoms with van der Waals surface area (Å²) in [7, 11) is 1.65. The summed E-state index contributed by atoms with van der Waals surface area (Å²) in [6, 6.07) is 4.09. The molecule has 2 heterocycles. The second-order valence-electron chi connectivity index (χ2n) is 5.65. The number of nitrogens with zero attached hydrogens (tertiary/aromatic N) is 2. The van der Waals surface area contributed by atoms with Gasteiger partial charge in [0.2, 0.25) is 0 Å². The largest absolute Gasteiger partial charge is 0.495 e. The molecule has 0 amide bonds. The van der Waals surface area contributed by atoms with Crippen molar-refractivity contribution in [2.24, 2.45) is 0 Å². The van der Waals surface area contributed by atoms with Crippen LogP contribution in [0.15, 0.2) is 54.8 Å². The van der Waals surface area contributed by atoms with Gasteiger partial charge in [-0.1, -0.05) is 37.8 Å². The van der Waals surface area contributed by atoms with Crippen LogP contribution in [0.1, 0.15) is 26.0 Å². The molecule has 2 aromatic rings. The van der Waals surface area contributed by atoms with E-state index in [-0.39, 0.29) is 0 Å². The number of rotatable bonds is 9. The van der Waals surface area contributed by atoms with Crippen LogP contribution in [0.2, 0.25) is 0 Å². The van der Waals surface area contributed by atoms with Crippen molar-refractivity contribution in [2.75, 3.05) is 13.7 Å². The Kier molecular flexibility index (Phi) is 9.09. The maximum absolute atomic E-state index is 8.00. The molecule has 140 valence electrons. The van der Waals surface area contributed by atoms with Crippen molar-refractivity contribution < 1.29 is 14.3 Å². The monoisotopic (exact) mass is 356 g/mol. The molecule has 0 radical (unpaired) electrons. The summed E-state index contributed by atoms with van der Waals surface area (Å²) in [6.07, 6.45) is 6.71. The molecule has 0 spiro atoms. The number of fused-ring (bicyclic) bond motifs is 1. The van der Waals surface area contributed by atoms with E-state index < -0.39 is 0 Å². The Bertz CT molecular complexity index is 775. The topological polar surface area (TPSA) is 53.4 Å². The predicted octanol–water partition coefficient (Wildman–Crippen LogP) is 4.48. The van der Waals surface area contributed by atoms with Crippen molar-refractivity contribution in [2.45, 2.75) is 33.4 Å². The third-order valence-electron chi connectivity index (χ3n) is 3.85. The smallest absolute Gasteiger partial charge is 0.140 e. The molecule has 2 rings (SSSR count). The summed E-state index contributed by atoms with van der Waals surface area (Å²) >= 11 is 0. The highest BCUT2D eigenvalue weighted by Gasteiger charge is 2.11. The van der Waals surface area contributed by atoms with Crippen molar-refractivity contribution >= 4 is 17.8 Å². The Balaban J connectivity index is 0.00000163. The lowest BCUT2D eigenvalue weighted by Gasteiger charge is -2.11. The van der Waals surface area contributed by atoms with Crippen LogP contribution in [-0.4, -0.2) is 30.1 Å². The Hall–Kier alpha value is -2.66. The standard InChI is InChI=1S/C20H26N2O2.CH2O/c1-6-15(3)8-9-16(4)13-22-18(14-24-7-2)10-17-11-19(23-5)12-21-20(17)22;1-2/h8-12H,3-4,6-7,13-14H2,1-2,5H3;1H2/b9-8-;. The summed E-state index contributed by atoms with van der Waals surface area (Å²) in [6.45, 7) is 16.1. The Labute approximate surface area is 155 Å². The van der Waals surface area contributed by atoms with Gasteiger partial charge in [0, 0.05) is 24.2 Å². The van der Waals surface area contributed by atoms with Gasteiger partial charge in [0.05, 0.1) is 19.9 Å². The molecule has 0 aliphatic rings. The minimum Gasteiger partial charge on any atom is -0.495 e. The number of hydrogen-bond donors (Lipinski definition) is 0. The molecule has 0 fully saturated rings. The quantitative estimate of drug-likeness (QED) is 0.622. The van der Waals surface area contributed by atoms with Crippen molar-refractivity contribution in [3.05, 3.63) is 60.5 Å². The van der Waals surface area contributed by atoms with E-state index in [1.807, 2.05) is 31.9 Å². The number of ether oxygens (including phenoxy) is 2. The number of methoxy groups -OCH3 is 1. The highest BCUT2D eigenvalue weighted by molar-refractivity contribution is 5.79. The molecule has 0 bridgehead atoms. The molecule has 2 aromatic heterocycles. The van der Waals surface area contributed by atoms with Gasteiger partial charge in [0.15, 0.2) is 0 Å². The van der Waals surface area contributed by atoms with E-state index in [0.717, 1.165) is 40.0 Å². The van der Waals surface area contributed by atoms with Crippen molar-refractivity contribution in [3.8, 4) is 5.75 Å². The summed E-state index contributed by atoms with van der Waals surface area (Å²) in [5.74, 6) is 0.751. The Morgan fingerprint density at radius 3 is 2.50 bits per heavy atom. The maximum Gasteiger partial charge on any atom is 0.140 e. The van der Waals surface area contributed by atoms with Crippen molar-refractivity contribution in [1.29, 1.82) is 0 Å². The Morgan fingerprint density at radius 1 is 1.19 bits per heavy atom. The third kappa shape index (κ3) is 5.70. The van der Waals surface area contributed by atoms with Gasteiger partial charge in [-0.3, -0.25) is 0 Å². The minimum absolute atomic E-state index is 0.549. The zero-order valence-corrected chi connectivity index (χ0v) is 16.0. The predicted molar refractivity (Wildman–Crippen MR) is 106 cm³/mol. The first-order chi connectivity index (χ1) is 12.6. The minimum atomic E-state index is 0.549. The Morgan fingerprint density at radius 2 is 1.88 bits per heavy atom. The van der Waals surface area contributed by atoms with Crippen LogP contribution < -0.4 is 4.74 Å². The lowest BCUT2D eigenvalue weighted by molar-refractivity contribution is -0.0979. The van der Waals surface area contributed by atoms with Crippen LogP contribution in [0, 0.1) is 0 Å². The van der Waals surface area contributed by atoms with Gasteiger partial charge in [-0.25, -0.2) is 4.98 Å². The first-order valence-electron chi connectivity index (χ1n) is 8.51. The number of carbonyl (C=O) groups excluding carboxylic acids is 1. The lowest BCUT2D eigenvalue weighted by Crippen LogP contribution is -2.06. The first-order valence-corrected chi connectivity index (χ1v) is 8.51. The van der Waals surface area contributed by atoms with Crippen LogP contribution >= 0.6 is 0 Å². The van der Waals surface area contributed by atoms with Gasteiger partial charge in [0.1, 0.15) is 18.2 Å². The van der Waals surface area contributed by atoms with Crippen LogP contribution in [0.25, 0.3) is 11.0 Å². The summed E-state index contributed by atoms with van der Waals surface area (Å²) in [5, 5.41) is 1.04. The van der Waals surface area contributed by atoms with E-state index >= 15 is 0 Å².